The Hall–Kier alpha value is 0.0369. The number of rotatable bonds is 6. The van der Waals surface area contributed by atoms with E-state index in [0.29, 0.717) is 0 Å². The standard InChI is InChI=1S/C24H33OSi2.2ClH.Zr/c1-18(2)24-20-12-9-8-11-19(20)17-22(24)21-13-10-14-23(21)27(6,7)16-15-25-26(3,4)5;;;/h8-12,14H,13,15-16H2,1-7H3;2*1H;/q-1;;;+3/p-2. The summed E-state index contributed by atoms with van der Waals surface area (Å²) in [5, 5.41) is 1.59. The Balaban J connectivity index is 0.00000280. The van der Waals surface area contributed by atoms with Gasteiger partial charge in [-0.15, -0.1) is 45.6 Å². The molecule has 1 radical (unpaired) electrons. The summed E-state index contributed by atoms with van der Waals surface area (Å²) in [6.07, 6.45) is 9.53. The molecular weight excluding hydrogens is 523 g/mol. The van der Waals surface area contributed by atoms with Crippen molar-refractivity contribution < 1.29 is 55.4 Å². The minimum Gasteiger partial charge on any atom is -1.00 e. The van der Waals surface area contributed by atoms with Crippen molar-refractivity contribution >= 4 is 22.0 Å². The summed E-state index contributed by atoms with van der Waals surface area (Å²) < 4.78 is 6.19. The normalized spacial score (nSPS) is 15.2. The van der Waals surface area contributed by atoms with Crippen LogP contribution in [0.4, 0.5) is 0 Å². The summed E-state index contributed by atoms with van der Waals surface area (Å²) >= 11 is 0. The van der Waals surface area contributed by atoms with Gasteiger partial charge in [-0.3, -0.25) is 0 Å². The number of hydrogen-bond acceptors (Lipinski definition) is 1. The summed E-state index contributed by atoms with van der Waals surface area (Å²) in [5.74, 6) is 0. The van der Waals surface area contributed by atoms with E-state index in [2.05, 4.69) is 89.1 Å². The fourth-order valence-corrected chi connectivity index (χ4v) is 7.42. The van der Waals surface area contributed by atoms with Gasteiger partial charge in [-0.1, -0.05) is 62.5 Å². The molecule has 0 N–H and O–H groups in total. The predicted molar refractivity (Wildman–Crippen MR) is 123 cm³/mol. The minimum atomic E-state index is -1.56. The molecule has 0 fully saturated rings. The number of hydrogen-bond donors (Lipinski definition) is 0. The Morgan fingerprint density at radius 1 is 1.03 bits per heavy atom. The third-order valence-electron chi connectivity index (χ3n) is 5.43. The molecule has 1 aromatic carbocycles. The van der Waals surface area contributed by atoms with Gasteiger partial charge in [0.05, 0.1) is 8.07 Å². The van der Waals surface area contributed by atoms with Crippen LogP contribution in [0.3, 0.4) is 0 Å². The number of allylic oxidation sites excluding steroid dienone is 7. The zero-order valence-electron chi connectivity index (χ0n) is 19.2. The molecular formula is C24H33Cl2OSi2Zr. The van der Waals surface area contributed by atoms with E-state index in [4.69, 9.17) is 4.43 Å². The zero-order valence-corrected chi connectivity index (χ0v) is 25.2. The average Bonchev–Trinajstić information content (AvgIpc) is 3.17. The van der Waals surface area contributed by atoms with Crippen molar-refractivity contribution in [2.75, 3.05) is 6.61 Å². The van der Waals surface area contributed by atoms with Gasteiger partial charge in [0.2, 0.25) is 0 Å². The van der Waals surface area contributed by atoms with Crippen molar-refractivity contribution in [2.24, 2.45) is 0 Å². The Bertz CT molecular complexity index is 873. The molecule has 0 atom stereocenters. The maximum Gasteiger partial charge on any atom is 3.00 e. The third kappa shape index (κ3) is 6.77. The summed E-state index contributed by atoms with van der Waals surface area (Å²) in [4.78, 5) is 0. The van der Waals surface area contributed by atoms with Crippen LogP contribution in [0.1, 0.15) is 31.4 Å². The molecule has 1 aromatic rings. The van der Waals surface area contributed by atoms with Crippen molar-refractivity contribution in [3.63, 3.8) is 0 Å². The summed E-state index contributed by atoms with van der Waals surface area (Å²) in [6.45, 7) is 17.2. The fourth-order valence-electron chi connectivity index (χ4n) is 4.01. The first kappa shape index (κ1) is 30.0. The Labute approximate surface area is 217 Å². The first-order valence-corrected chi connectivity index (χ1v) is 16.7. The largest absolute Gasteiger partial charge is 3.00 e. The van der Waals surface area contributed by atoms with E-state index >= 15 is 0 Å². The first-order chi connectivity index (χ1) is 12.6. The fraction of sp³-hybridized carbons (Fsp3) is 0.417. The van der Waals surface area contributed by atoms with Gasteiger partial charge in [0.25, 0.3) is 0 Å². The van der Waals surface area contributed by atoms with Crippen molar-refractivity contribution in [1.82, 2.24) is 0 Å². The van der Waals surface area contributed by atoms with E-state index in [0.717, 1.165) is 13.0 Å². The van der Waals surface area contributed by atoms with E-state index in [1.165, 1.54) is 39.5 Å². The molecule has 0 saturated heterocycles. The molecule has 0 spiro atoms. The van der Waals surface area contributed by atoms with E-state index in [-0.39, 0.29) is 51.0 Å². The van der Waals surface area contributed by atoms with E-state index in [1.807, 2.05) is 0 Å². The van der Waals surface area contributed by atoms with Crippen molar-refractivity contribution in [3.8, 4) is 0 Å². The first-order valence-electron chi connectivity index (χ1n) is 10.1. The van der Waals surface area contributed by atoms with Gasteiger partial charge in [-0.25, -0.2) is 0 Å². The van der Waals surface area contributed by atoms with Crippen LogP contribution in [0.25, 0.3) is 5.57 Å². The Morgan fingerprint density at radius 3 is 2.27 bits per heavy atom. The van der Waals surface area contributed by atoms with Crippen molar-refractivity contribution in [1.29, 1.82) is 0 Å². The topological polar surface area (TPSA) is 9.23 Å². The summed E-state index contributed by atoms with van der Waals surface area (Å²) in [6, 6.07) is 9.88. The van der Waals surface area contributed by atoms with Crippen molar-refractivity contribution in [2.45, 2.75) is 59.0 Å². The summed E-state index contributed by atoms with van der Waals surface area (Å²) in [5.41, 5.74) is 8.19. The molecule has 0 aromatic heterocycles. The molecule has 161 valence electrons. The predicted octanol–water partition coefficient (Wildman–Crippen LogP) is 0.932. The molecule has 3 rings (SSSR count). The Morgan fingerprint density at radius 2 is 1.67 bits per heavy atom. The van der Waals surface area contributed by atoms with Crippen LogP contribution in [-0.2, 0) is 30.6 Å². The molecule has 30 heavy (non-hydrogen) atoms. The molecule has 6 heteroatoms. The van der Waals surface area contributed by atoms with Gasteiger partial charge in [0, 0.05) is 6.61 Å². The maximum atomic E-state index is 6.19. The zero-order chi connectivity index (χ0) is 19.8. The molecule has 0 aliphatic heterocycles. The Kier molecular flexibility index (Phi) is 11.8. The van der Waals surface area contributed by atoms with Gasteiger partial charge in [-0.2, -0.15) is 0 Å². The SMILES string of the molecule is CC(C)=C1C(C2=C([Si](C)(C)CCO[Si](C)(C)C)C=CC2)=[C-]c2ccccc21.[Cl-].[Cl-].[Zr+3]. The van der Waals surface area contributed by atoms with Crippen molar-refractivity contribution in [3.05, 3.63) is 75.5 Å². The molecule has 0 bridgehead atoms. The van der Waals surface area contributed by atoms with Crippen LogP contribution in [0, 0.1) is 6.08 Å². The molecule has 0 unspecified atom stereocenters. The second kappa shape index (κ2) is 11.8. The van der Waals surface area contributed by atoms with Crippen LogP contribution in [0.2, 0.25) is 38.8 Å². The van der Waals surface area contributed by atoms with E-state index in [1.54, 1.807) is 5.20 Å². The van der Waals surface area contributed by atoms with Crippen LogP contribution in [0.15, 0.2) is 58.3 Å². The van der Waals surface area contributed by atoms with Crippen LogP contribution >= 0.6 is 0 Å². The number of fused-ring (bicyclic) bond motifs is 1. The van der Waals surface area contributed by atoms with Crippen LogP contribution < -0.4 is 24.8 Å². The second-order valence-electron chi connectivity index (χ2n) is 9.51. The van der Waals surface area contributed by atoms with Crippen LogP contribution in [0.5, 0.6) is 0 Å². The minimum absolute atomic E-state index is 0. The average molecular weight is 556 g/mol. The smallest absolute Gasteiger partial charge is 1.00 e. The molecule has 0 heterocycles. The number of halogens is 2. The molecule has 1 nitrogen and oxygen atoms in total. The van der Waals surface area contributed by atoms with E-state index in [9.17, 15) is 0 Å². The molecule has 0 saturated carbocycles. The van der Waals surface area contributed by atoms with Gasteiger partial charge >= 0.3 is 26.2 Å². The second-order valence-corrected chi connectivity index (χ2v) is 18.8. The van der Waals surface area contributed by atoms with Gasteiger partial charge in [0.15, 0.2) is 8.32 Å². The third-order valence-corrected chi connectivity index (χ3v) is 9.88. The monoisotopic (exact) mass is 553 g/mol. The maximum absolute atomic E-state index is 6.19. The number of benzene rings is 1. The van der Waals surface area contributed by atoms with Gasteiger partial charge in [-0.05, 0) is 32.1 Å². The quantitative estimate of drug-likeness (QED) is 0.375. The molecule has 2 aliphatic carbocycles. The van der Waals surface area contributed by atoms with Gasteiger partial charge in [0.1, 0.15) is 0 Å². The van der Waals surface area contributed by atoms with Gasteiger partial charge < -0.3 is 29.2 Å². The van der Waals surface area contributed by atoms with Crippen LogP contribution in [-0.4, -0.2) is 23.0 Å². The van der Waals surface area contributed by atoms with E-state index < -0.39 is 16.4 Å². The molecule has 2 aliphatic rings. The summed E-state index contributed by atoms with van der Waals surface area (Å²) in [7, 11) is -3.01. The molecule has 0 amide bonds.